The predicted octanol–water partition coefficient (Wildman–Crippen LogP) is 3.11. The van der Waals surface area contributed by atoms with E-state index in [0.717, 1.165) is 18.2 Å². The average molecular weight is 362 g/mol. The molecule has 2 rings (SSSR count). The number of carbonyl (C=O) groups excluding carboxylic acids is 3. The number of carbonyl (C=O) groups is 3. The average Bonchev–Trinajstić information content (AvgIpc) is 2.56. The predicted molar refractivity (Wildman–Crippen MR) is 90.6 cm³/mol. The molecule has 1 atom stereocenters. The number of rotatable bonds is 5. The Balaban J connectivity index is 1.99. The molecule has 0 saturated carbocycles. The van der Waals surface area contributed by atoms with Gasteiger partial charge in [-0.05, 0) is 43.3 Å². The van der Waals surface area contributed by atoms with Gasteiger partial charge in [-0.15, -0.1) is 0 Å². The van der Waals surface area contributed by atoms with E-state index < -0.39 is 35.2 Å². The van der Waals surface area contributed by atoms with Gasteiger partial charge in [-0.25, -0.2) is 13.6 Å². The number of benzene rings is 2. The number of nitrogens with one attached hydrogen (secondary N) is 2. The highest BCUT2D eigenvalue weighted by Crippen LogP contribution is 2.16. The summed E-state index contributed by atoms with van der Waals surface area (Å²) in [5, 5.41) is 5.06. The number of halogens is 2. The molecule has 2 aromatic rings. The molecule has 2 aromatic carbocycles. The van der Waals surface area contributed by atoms with Gasteiger partial charge in [-0.1, -0.05) is 6.07 Å². The van der Waals surface area contributed by atoms with Crippen LogP contribution in [0, 0.1) is 11.6 Å². The van der Waals surface area contributed by atoms with Crippen molar-refractivity contribution in [3.63, 3.8) is 0 Å². The van der Waals surface area contributed by atoms with Crippen LogP contribution in [-0.2, 0) is 14.3 Å². The lowest BCUT2D eigenvalue weighted by molar-refractivity contribution is -0.123. The maximum Gasteiger partial charge on any atom is 0.344 e. The van der Waals surface area contributed by atoms with E-state index in [1.165, 1.54) is 26.0 Å². The molecule has 2 amide bonds. The molecule has 26 heavy (non-hydrogen) atoms. The van der Waals surface area contributed by atoms with E-state index in [0.29, 0.717) is 11.4 Å². The second-order valence-corrected chi connectivity index (χ2v) is 5.39. The van der Waals surface area contributed by atoms with Gasteiger partial charge in [0, 0.05) is 18.3 Å². The summed E-state index contributed by atoms with van der Waals surface area (Å²) in [5.74, 6) is -4.33. The van der Waals surface area contributed by atoms with E-state index in [4.69, 9.17) is 4.74 Å². The monoisotopic (exact) mass is 362 g/mol. The molecule has 0 spiro atoms. The van der Waals surface area contributed by atoms with Crippen LogP contribution in [0.5, 0.6) is 0 Å². The molecule has 0 radical (unpaired) electrons. The largest absolute Gasteiger partial charge is 0.449 e. The lowest BCUT2D eigenvalue weighted by atomic mass is 10.2. The molecule has 0 aromatic heterocycles. The first-order chi connectivity index (χ1) is 12.3. The number of esters is 1. The van der Waals surface area contributed by atoms with Crippen LogP contribution in [0.3, 0.4) is 0 Å². The second-order valence-electron chi connectivity index (χ2n) is 5.39. The molecule has 136 valence electrons. The van der Waals surface area contributed by atoms with Crippen LogP contribution in [0.25, 0.3) is 0 Å². The molecule has 2 N–H and O–H groups in total. The summed E-state index contributed by atoms with van der Waals surface area (Å²) in [4.78, 5) is 34.9. The Hall–Kier alpha value is -3.29. The zero-order chi connectivity index (χ0) is 19.3. The molecule has 0 heterocycles. The van der Waals surface area contributed by atoms with Crippen molar-refractivity contribution < 1.29 is 27.9 Å². The van der Waals surface area contributed by atoms with Crippen molar-refractivity contribution in [1.82, 2.24) is 0 Å². The van der Waals surface area contributed by atoms with E-state index in [1.54, 1.807) is 12.1 Å². The van der Waals surface area contributed by atoms with Crippen LogP contribution < -0.4 is 10.6 Å². The van der Waals surface area contributed by atoms with Gasteiger partial charge < -0.3 is 15.4 Å². The van der Waals surface area contributed by atoms with E-state index in [9.17, 15) is 23.2 Å². The Bertz CT molecular complexity index is 817. The fraction of sp³-hybridized carbons (Fsp3) is 0.167. The minimum Gasteiger partial charge on any atom is -0.449 e. The Morgan fingerprint density at radius 1 is 0.923 bits per heavy atom. The van der Waals surface area contributed by atoms with Crippen LogP contribution in [0.1, 0.15) is 24.2 Å². The number of ether oxygens (including phenoxy) is 1. The van der Waals surface area contributed by atoms with Crippen LogP contribution in [0.4, 0.5) is 20.2 Å². The molecule has 0 saturated heterocycles. The minimum absolute atomic E-state index is 0.234. The summed E-state index contributed by atoms with van der Waals surface area (Å²) in [5.41, 5.74) is 0.0842. The fourth-order valence-corrected chi connectivity index (χ4v) is 2.05. The molecule has 0 aliphatic carbocycles. The van der Waals surface area contributed by atoms with Crippen molar-refractivity contribution in [2.75, 3.05) is 10.6 Å². The first kappa shape index (κ1) is 19.0. The molecule has 0 fully saturated rings. The summed E-state index contributed by atoms with van der Waals surface area (Å²) >= 11 is 0. The molecular weight excluding hydrogens is 346 g/mol. The Morgan fingerprint density at radius 3 is 1.92 bits per heavy atom. The van der Waals surface area contributed by atoms with E-state index >= 15 is 0 Å². The van der Waals surface area contributed by atoms with E-state index in [1.807, 2.05) is 0 Å². The number of amides is 2. The molecule has 0 bridgehead atoms. The third kappa shape index (κ3) is 4.85. The van der Waals surface area contributed by atoms with E-state index in [-0.39, 0.29) is 5.91 Å². The standard InChI is InChI=1S/C18H16F2N2O4/c1-10(26-18(25)16-14(19)4-3-5-15(16)20)17(24)22-13-8-6-12(7-9-13)21-11(2)23/h3-10H,1-2H3,(H,21,23)(H,22,24). The summed E-state index contributed by atoms with van der Waals surface area (Å²) in [7, 11) is 0. The Morgan fingerprint density at radius 2 is 1.42 bits per heavy atom. The zero-order valence-electron chi connectivity index (χ0n) is 14.0. The van der Waals surface area contributed by atoms with Gasteiger partial charge in [-0.3, -0.25) is 9.59 Å². The number of hydrogen-bond acceptors (Lipinski definition) is 4. The first-order valence-electron chi connectivity index (χ1n) is 7.61. The summed E-state index contributed by atoms with van der Waals surface area (Å²) in [6.07, 6.45) is -1.28. The van der Waals surface area contributed by atoms with Crippen LogP contribution in [0.2, 0.25) is 0 Å². The molecule has 0 aliphatic heterocycles. The summed E-state index contributed by atoms with van der Waals surface area (Å²) in [6.45, 7) is 2.64. The third-order valence-corrected chi connectivity index (χ3v) is 3.29. The Kier molecular flexibility index (Phi) is 6.00. The SMILES string of the molecule is CC(=O)Nc1ccc(NC(=O)C(C)OC(=O)c2c(F)cccc2F)cc1. The van der Waals surface area contributed by atoms with Crippen molar-refractivity contribution in [2.45, 2.75) is 20.0 Å². The van der Waals surface area contributed by atoms with Gasteiger partial charge in [0.1, 0.15) is 17.2 Å². The second kappa shape index (κ2) is 8.19. The lowest BCUT2D eigenvalue weighted by Gasteiger charge is -2.14. The van der Waals surface area contributed by atoms with Crippen LogP contribution in [0.15, 0.2) is 42.5 Å². The maximum atomic E-state index is 13.6. The molecular formula is C18H16F2N2O4. The third-order valence-electron chi connectivity index (χ3n) is 3.29. The molecule has 0 aliphatic rings. The van der Waals surface area contributed by atoms with Crippen LogP contribution >= 0.6 is 0 Å². The first-order valence-corrected chi connectivity index (χ1v) is 7.61. The van der Waals surface area contributed by atoms with E-state index in [2.05, 4.69) is 10.6 Å². The van der Waals surface area contributed by atoms with Crippen molar-refractivity contribution in [3.05, 3.63) is 59.7 Å². The fourth-order valence-electron chi connectivity index (χ4n) is 2.05. The lowest BCUT2D eigenvalue weighted by Crippen LogP contribution is -2.30. The van der Waals surface area contributed by atoms with Crippen molar-refractivity contribution in [3.8, 4) is 0 Å². The maximum absolute atomic E-state index is 13.6. The number of anilines is 2. The van der Waals surface area contributed by atoms with Gasteiger partial charge in [0.25, 0.3) is 5.91 Å². The smallest absolute Gasteiger partial charge is 0.344 e. The van der Waals surface area contributed by atoms with Crippen molar-refractivity contribution >= 4 is 29.2 Å². The van der Waals surface area contributed by atoms with Gasteiger partial charge >= 0.3 is 5.97 Å². The van der Waals surface area contributed by atoms with Crippen molar-refractivity contribution in [2.24, 2.45) is 0 Å². The number of hydrogen-bond donors (Lipinski definition) is 2. The zero-order valence-corrected chi connectivity index (χ0v) is 14.0. The molecule has 6 nitrogen and oxygen atoms in total. The van der Waals surface area contributed by atoms with Crippen LogP contribution in [-0.4, -0.2) is 23.9 Å². The minimum atomic E-state index is -1.28. The highest BCUT2D eigenvalue weighted by atomic mass is 19.1. The van der Waals surface area contributed by atoms with Crippen molar-refractivity contribution in [1.29, 1.82) is 0 Å². The summed E-state index contributed by atoms with van der Waals surface area (Å²) < 4.78 is 31.9. The molecule has 8 heteroatoms. The molecule has 1 unspecified atom stereocenters. The van der Waals surface area contributed by atoms with Gasteiger partial charge in [-0.2, -0.15) is 0 Å². The summed E-state index contributed by atoms with van der Waals surface area (Å²) in [6, 6.07) is 9.16. The normalized spacial score (nSPS) is 11.4. The highest BCUT2D eigenvalue weighted by Gasteiger charge is 2.24. The quantitative estimate of drug-likeness (QED) is 0.801. The van der Waals surface area contributed by atoms with Gasteiger partial charge in [0.15, 0.2) is 6.10 Å². The van der Waals surface area contributed by atoms with Gasteiger partial charge in [0.2, 0.25) is 5.91 Å². The van der Waals surface area contributed by atoms with Gasteiger partial charge in [0.05, 0.1) is 0 Å². The highest BCUT2D eigenvalue weighted by molar-refractivity contribution is 5.97. The topological polar surface area (TPSA) is 84.5 Å². The Labute approximate surface area is 148 Å².